The maximum absolute atomic E-state index is 13.2. The first-order valence-corrected chi connectivity index (χ1v) is 13.3. The van der Waals surface area contributed by atoms with Crippen molar-refractivity contribution in [1.29, 1.82) is 0 Å². The molecule has 4 rings (SSSR count). The van der Waals surface area contributed by atoms with E-state index in [-0.39, 0.29) is 29.2 Å². The molecule has 1 aliphatic heterocycles. The van der Waals surface area contributed by atoms with Crippen molar-refractivity contribution in [2.45, 2.75) is 52.4 Å². The third-order valence-corrected chi connectivity index (χ3v) is 9.14. The second-order valence-electron chi connectivity index (χ2n) is 9.42. The molecule has 34 heavy (non-hydrogen) atoms. The van der Waals surface area contributed by atoms with E-state index in [2.05, 4.69) is 9.97 Å². The summed E-state index contributed by atoms with van der Waals surface area (Å²) < 4.78 is 39.0. The lowest BCUT2D eigenvalue weighted by Crippen LogP contribution is -2.43. The van der Waals surface area contributed by atoms with Crippen LogP contribution in [-0.2, 0) is 19.6 Å². The number of aromatic nitrogens is 2. The Balaban J connectivity index is 1.50. The first-order chi connectivity index (χ1) is 16.1. The van der Waals surface area contributed by atoms with Gasteiger partial charge in [0.25, 0.3) is 0 Å². The highest BCUT2D eigenvalue weighted by molar-refractivity contribution is 7.89. The first kappa shape index (κ1) is 24.6. The summed E-state index contributed by atoms with van der Waals surface area (Å²) >= 11 is 0. The summed E-state index contributed by atoms with van der Waals surface area (Å²) in [5.41, 5.74) is 3.07. The van der Waals surface area contributed by atoms with Crippen LogP contribution in [0.5, 0.6) is 0 Å². The number of halogens is 1. The van der Waals surface area contributed by atoms with Gasteiger partial charge in [-0.15, -0.1) is 0 Å². The van der Waals surface area contributed by atoms with Gasteiger partial charge in [-0.05, 0) is 74.3 Å². The molecule has 1 aliphatic carbocycles. The molecule has 9 heteroatoms. The molecule has 1 aromatic heterocycles. The number of Topliss-reactive ketones (excluding diaryl/α,β-unsaturated/α-hetero) is 2. The Kier molecular flexibility index (Phi) is 6.96. The van der Waals surface area contributed by atoms with E-state index in [9.17, 15) is 22.4 Å². The predicted octanol–water partition coefficient (Wildman–Crippen LogP) is 3.59. The fourth-order valence-electron chi connectivity index (χ4n) is 5.49. The zero-order chi connectivity index (χ0) is 24.6. The molecule has 2 fully saturated rings. The Morgan fingerprint density at radius 2 is 1.50 bits per heavy atom. The summed E-state index contributed by atoms with van der Waals surface area (Å²) in [6.07, 6.45) is 4.25. The molecule has 0 atom stereocenters. The van der Waals surface area contributed by atoms with Crippen LogP contribution in [0.2, 0.25) is 0 Å². The van der Waals surface area contributed by atoms with Crippen molar-refractivity contribution in [3.05, 3.63) is 47.0 Å². The molecule has 0 unspecified atom stereocenters. The van der Waals surface area contributed by atoms with Crippen LogP contribution in [0, 0.1) is 31.5 Å². The van der Waals surface area contributed by atoms with Gasteiger partial charge in [0, 0.05) is 31.5 Å². The summed E-state index contributed by atoms with van der Waals surface area (Å²) in [6.45, 7) is 6.28. The minimum atomic E-state index is -3.21. The van der Waals surface area contributed by atoms with Crippen LogP contribution in [-0.4, -0.2) is 53.1 Å². The Bertz CT molecular complexity index is 1160. The minimum Gasteiger partial charge on any atom is -0.299 e. The highest BCUT2D eigenvalue weighted by Crippen LogP contribution is 2.40. The van der Waals surface area contributed by atoms with Gasteiger partial charge in [-0.25, -0.2) is 27.1 Å². The van der Waals surface area contributed by atoms with Crippen LogP contribution in [0.1, 0.15) is 55.2 Å². The third kappa shape index (κ3) is 4.81. The summed E-state index contributed by atoms with van der Waals surface area (Å²) in [6, 6.07) is 3.68. The third-order valence-electron chi connectivity index (χ3n) is 7.26. The number of ketones is 2. The molecule has 0 bridgehead atoms. The van der Waals surface area contributed by atoms with E-state index in [4.69, 9.17) is 0 Å². The van der Waals surface area contributed by atoms with Gasteiger partial charge in [-0.3, -0.25) is 9.59 Å². The van der Waals surface area contributed by atoms with E-state index < -0.39 is 21.8 Å². The number of aryl methyl sites for hydroxylation is 2. The van der Waals surface area contributed by atoms with Gasteiger partial charge in [0.2, 0.25) is 10.0 Å². The van der Waals surface area contributed by atoms with E-state index in [1.165, 1.54) is 4.31 Å². The van der Waals surface area contributed by atoms with Gasteiger partial charge in [-0.2, -0.15) is 0 Å². The number of hydrogen-bond acceptors (Lipinski definition) is 6. The molecule has 2 aliphatic rings. The minimum absolute atomic E-state index is 0.0322. The second kappa shape index (κ2) is 9.62. The smallest absolute Gasteiger partial charge is 0.213 e. The normalized spacial score (nSPS) is 22.8. The predicted molar refractivity (Wildman–Crippen MR) is 126 cm³/mol. The molecule has 0 amide bonds. The van der Waals surface area contributed by atoms with E-state index >= 15 is 0 Å². The van der Waals surface area contributed by atoms with Crippen molar-refractivity contribution in [1.82, 2.24) is 14.3 Å². The number of carbonyl (C=O) groups excluding carboxylic acids is 2. The summed E-state index contributed by atoms with van der Waals surface area (Å²) in [7, 11) is -3.21. The topological polar surface area (TPSA) is 97.3 Å². The van der Waals surface area contributed by atoms with Crippen LogP contribution in [0.4, 0.5) is 4.39 Å². The average molecular weight is 488 g/mol. The van der Waals surface area contributed by atoms with Crippen LogP contribution in [0.3, 0.4) is 0 Å². The number of rotatable bonds is 5. The Morgan fingerprint density at radius 1 is 0.971 bits per heavy atom. The average Bonchev–Trinajstić information content (AvgIpc) is 2.80. The molecule has 0 spiro atoms. The van der Waals surface area contributed by atoms with E-state index in [1.54, 1.807) is 6.92 Å². The number of hydrogen-bond donors (Lipinski definition) is 0. The van der Waals surface area contributed by atoms with E-state index in [1.807, 2.05) is 26.0 Å². The van der Waals surface area contributed by atoms with E-state index in [0.717, 1.165) is 29.1 Å². The molecule has 2 aromatic rings. The molecule has 0 radical (unpaired) electrons. The number of nitrogens with zero attached hydrogens (tertiary/aromatic N) is 3. The Morgan fingerprint density at radius 3 is 2.00 bits per heavy atom. The van der Waals surface area contributed by atoms with Gasteiger partial charge in [-0.1, -0.05) is 0 Å². The summed E-state index contributed by atoms with van der Waals surface area (Å²) in [5, 5.41) is 0. The van der Waals surface area contributed by atoms with Crippen molar-refractivity contribution in [2.24, 2.45) is 11.8 Å². The molecule has 1 aromatic carbocycles. The van der Waals surface area contributed by atoms with Crippen LogP contribution >= 0.6 is 0 Å². The lowest BCUT2D eigenvalue weighted by Gasteiger charge is -2.38. The molecular weight excluding hydrogens is 457 g/mol. The molecule has 0 N–H and O–H groups in total. The monoisotopic (exact) mass is 487 g/mol. The molecule has 7 nitrogen and oxygen atoms in total. The number of piperidine rings is 1. The highest BCUT2D eigenvalue weighted by Gasteiger charge is 2.41. The SMILES string of the molecule is CCS(=O)(=O)N1CCC(C2CC(=O)C(c3c(C)cc(-c4ncc(F)cn4)cc3C)C(=O)C2)CC1. The molecule has 1 saturated carbocycles. The molecule has 2 heterocycles. The molecular formula is C25H30FN3O4S. The Labute approximate surface area is 199 Å². The van der Waals surface area contributed by atoms with Crippen molar-refractivity contribution in [3.8, 4) is 11.4 Å². The summed E-state index contributed by atoms with van der Waals surface area (Å²) in [4.78, 5) is 34.5. The fourth-order valence-corrected chi connectivity index (χ4v) is 6.62. The standard InChI is InChI=1S/C25H30FN3O4S/c1-4-34(32,33)29-7-5-17(6-8-29)18-11-21(30)24(22(31)12-18)23-15(2)9-19(10-16(23)3)25-27-13-20(26)14-28-25/h9-10,13-14,17-18,24H,4-8,11-12H2,1-3H3. The van der Waals surface area contributed by atoms with Crippen molar-refractivity contribution in [3.63, 3.8) is 0 Å². The second-order valence-corrected chi connectivity index (χ2v) is 11.7. The Hall–Kier alpha value is -2.52. The van der Waals surface area contributed by atoms with Crippen LogP contribution in [0.15, 0.2) is 24.5 Å². The summed E-state index contributed by atoms with van der Waals surface area (Å²) in [5.74, 6) is -0.808. The highest BCUT2D eigenvalue weighted by atomic mass is 32.2. The van der Waals surface area contributed by atoms with Gasteiger partial charge >= 0.3 is 0 Å². The maximum Gasteiger partial charge on any atom is 0.213 e. The lowest BCUT2D eigenvalue weighted by atomic mass is 9.69. The number of sulfonamides is 1. The van der Waals surface area contributed by atoms with Gasteiger partial charge in [0.15, 0.2) is 11.6 Å². The van der Waals surface area contributed by atoms with Crippen molar-refractivity contribution >= 4 is 21.6 Å². The zero-order valence-electron chi connectivity index (χ0n) is 19.8. The van der Waals surface area contributed by atoms with Crippen LogP contribution < -0.4 is 0 Å². The molecule has 1 saturated heterocycles. The van der Waals surface area contributed by atoms with E-state index in [0.29, 0.717) is 50.2 Å². The van der Waals surface area contributed by atoms with Crippen molar-refractivity contribution < 1.29 is 22.4 Å². The van der Waals surface area contributed by atoms with Crippen LogP contribution in [0.25, 0.3) is 11.4 Å². The number of benzene rings is 1. The maximum atomic E-state index is 13.2. The fraction of sp³-hybridized carbons (Fsp3) is 0.520. The lowest BCUT2D eigenvalue weighted by molar-refractivity contribution is -0.134. The first-order valence-electron chi connectivity index (χ1n) is 11.7. The number of carbonyl (C=O) groups is 2. The zero-order valence-corrected chi connectivity index (χ0v) is 20.6. The van der Waals surface area contributed by atoms with Gasteiger partial charge in [0.05, 0.1) is 18.1 Å². The quantitative estimate of drug-likeness (QED) is 0.598. The largest absolute Gasteiger partial charge is 0.299 e. The molecule has 182 valence electrons. The van der Waals surface area contributed by atoms with Crippen molar-refractivity contribution in [2.75, 3.05) is 18.8 Å². The van der Waals surface area contributed by atoms with Gasteiger partial charge in [0.1, 0.15) is 17.5 Å². The van der Waals surface area contributed by atoms with Gasteiger partial charge < -0.3 is 0 Å².